The van der Waals surface area contributed by atoms with Crippen LogP contribution in [0.3, 0.4) is 0 Å². The van der Waals surface area contributed by atoms with E-state index in [4.69, 9.17) is 0 Å². The maximum Gasteiger partial charge on any atom is 0.114 e. The fourth-order valence-electron chi connectivity index (χ4n) is 1.31. The van der Waals surface area contributed by atoms with Crippen molar-refractivity contribution in [3.63, 3.8) is 0 Å². The van der Waals surface area contributed by atoms with Gasteiger partial charge in [0.1, 0.15) is 6.17 Å². The van der Waals surface area contributed by atoms with Gasteiger partial charge in [-0.2, -0.15) is 0 Å². The molecule has 1 aliphatic heterocycles. The van der Waals surface area contributed by atoms with Crippen LogP contribution >= 0.6 is 15.9 Å². The summed E-state index contributed by atoms with van der Waals surface area (Å²) in [6.45, 7) is 1.91. The van der Waals surface area contributed by atoms with Crippen LogP contribution in [0.15, 0.2) is 0 Å². The second-order valence-electron chi connectivity index (χ2n) is 2.78. The molecule has 0 bridgehead atoms. The zero-order valence-electron chi connectivity index (χ0n) is 5.95. The Morgan fingerprint density at radius 2 is 2.50 bits per heavy atom. The summed E-state index contributed by atoms with van der Waals surface area (Å²) in [7, 11) is 0. The molecule has 2 atom stereocenters. The van der Waals surface area contributed by atoms with Crippen molar-refractivity contribution in [2.24, 2.45) is 5.92 Å². The van der Waals surface area contributed by atoms with Crippen LogP contribution in [0.25, 0.3) is 0 Å². The van der Waals surface area contributed by atoms with E-state index < -0.39 is 6.17 Å². The molecule has 60 valence electrons. The standard InChI is InChI=1S/C7H13BrFN/c8-4-7(9)6-2-1-3-10-5-6/h6-7,10H,1-5H2. The minimum atomic E-state index is -0.659. The van der Waals surface area contributed by atoms with Gasteiger partial charge in [-0.15, -0.1) is 0 Å². The lowest BCUT2D eigenvalue weighted by atomic mass is 9.96. The van der Waals surface area contributed by atoms with Gasteiger partial charge in [-0.05, 0) is 19.4 Å². The third kappa shape index (κ3) is 2.20. The minimum absolute atomic E-state index is 0.244. The molecule has 1 aliphatic rings. The number of alkyl halides is 2. The Kier molecular flexibility index (Phi) is 3.63. The molecule has 0 aliphatic carbocycles. The van der Waals surface area contributed by atoms with Gasteiger partial charge in [0.25, 0.3) is 0 Å². The van der Waals surface area contributed by atoms with Crippen molar-refractivity contribution in [2.45, 2.75) is 19.0 Å². The quantitative estimate of drug-likeness (QED) is 0.684. The van der Waals surface area contributed by atoms with E-state index in [1.54, 1.807) is 0 Å². The first-order valence-electron chi connectivity index (χ1n) is 3.75. The van der Waals surface area contributed by atoms with Crippen molar-refractivity contribution in [3.05, 3.63) is 0 Å². The normalized spacial score (nSPS) is 30.0. The van der Waals surface area contributed by atoms with Crippen molar-refractivity contribution in [3.8, 4) is 0 Å². The van der Waals surface area contributed by atoms with Crippen molar-refractivity contribution < 1.29 is 4.39 Å². The van der Waals surface area contributed by atoms with Crippen LogP contribution in [0.5, 0.6) is 0 Å². The van der Waals surface area contributed by atoms with Crippen LogP contribution in [0.1, 0.15) is 12.8 Å². The highest BCUT2D eigenvalue weighted by Crippen LogP contribution is 2.18. The number of nitrogens with one attached hydrogen (secondary N) is 1. The smallest absolute Gasteiger partial charge is 0.114 e. The Hall–Kier alpha value is 0.370. The van der Waals surface area contributed by atoms with Gasteiger partial charge >= 0.3 is 0 Å². The van der Waals surface area contributed by atoms with E-state index in [0.29, 0.717) is 5.33 Å². The molecule has 0 radical (unpaired) electrons. The third-order valence-electron chi connectivity index (χ3n) is 1.99. The van der Waals surface area contributed by atoms with Crippen LogP contribution in [0.4, 0.5) is 4.39 Å². The van der Waals surface area contributed by atoms with Gasteiger partial charge in [0.15, 0.2) is 0 Å². The summed E-state index contributed by atoms with van der Waals surface area (Å²) in [4.78, 5) is 0. The zero-order chi connectivity index (χ0) is 7.40. The summed E-state index contributed by atoms with van der Waals surface area (Å²) in [5.74, 6) is 0.244. The Bertz CT molecular complexity index is 93.6. The molecule has 0 amide bonds. The Morgan fingerprint density at radius 3 is 3.00 bits per heavy atom. The summed E-state index contributed by atoms with van der Waals surface area (Å²) in [6, 6.07) is 0. The molecule has 1 saturated heterocycles. The van der Waals surface area contributed by atoms with Crippen molar-refractivity contribution in [2.75, 3.05) is 18.4 Å². The summed E-state index contributed by atoms with van der Waals surface area (Å²) in [5, 5.41) is 3.67. The molecule has 1 N–H and O–H groups in total. The lowest BCUT2D eigenvalue weighted by molar-refractivity contribution is 0.215. The lowest BCUT2D eigenvalue weighted by Crippen LogP contribution is -2.35. The molecule has 0 aromatic rings. The van der Waals surface area contributed by atoms with Crippen LogP contribution in [-0.2, 0) is 0 Å². The molecule has 1 nitrogen and oxygen atoms in total. The molecule has 0 spiro atoms. The molecular formula is C7H13BrFN. The highest BCUT2D eigenvalue weighted by atomic mass is 79.9. The Balaban J connectivity index is 2.24. The largest absolute Gasteiger partial charge is 0.316 e. The average Bonchev–Trinajstić information content (AvgIpc) is 2.05. The maximum absolute atomic E-state index is 12.9. The third-order valence-corrected chi connectivity index (χ3v) is 2.61. The van der Waals surface area contributed by atoms with E-state index in [9.17, 15) is 4.39 Å². The molecule has 0 saturated carbocycles. The Morgan fingerprint density at radius 1 is 1.70 bits per heavy atom. The fraction of sp³-hybridized carbons (Fsp3) is 1.00. The molecule has 1 fully saturated rings. The summed E-state index contributed by atoms with van der Waals surface area (Å²) >= 11 is 3.15. The SMILES string of the molecule is FC(CBr)C1CCCNC1. The molecular weight excluding hydrogens is 197 g/mol. The first-order chi connectivity index (χ1) is 4.84. The van der Waals surface area contributed by atoms with E-state index in [1.165, 1.54) is 0 Å². The zero-order valence-corrected chi connectivity index (χ0v) is 7.53. The first kappa shape index (κ1) is 8.47. The van der Waals surface area contributed by atoms with E-state index in [-0.39, 0.29) is 5.92 Å². The number of piperidine rings is 1. The molecule has 3 heteroatoms. The fourth-order valence-corrected chi connectivity index (χ4v) is 1.84. The number of hydrogen-bond donors (Lipinski definition) is 1. The van der Waals surface area contributed by atoms with Crippen LogP contribution in [0.2, 0.25) is 0 Å². The van der Waals surface area contributed by atoms with Gasteiger partial charge in [-0.1, -0.05) is 15.9 Å². The van der Waals surface area contributed by atoms with Gasteiger partial charge in [0.2, 0.25) is 0 Å². The highest BCUT2D eigenvalue weighted by molar-refractivity contribution is 9.09. The summed E-state index contributed by atoms with van der Waals surface area (Å²) in [6.07, 6.45) is 1.51. The van der Waals surface area contributed by atoms with Crippen LogP contribution in [0, 0.1) is 5.92 Å². The van der Waals surface area contributed by atoms with E-state index >= 15 is 0 Å². The monoisotopic (exact) mass is 209 g/mol. The number of hydrogen-bond acceptors (Lipinski definition) is 1. The summed E-state index contributed by atoms with van der Waals surface area (Å²) < 4.78 is 12.9. The van der Waals surface area contributed by atoms with Crippen molar-refractivity contribution >= 4 is 15.9 Å². The van der Waals surface area contributed by atoms with Crippen LogP contribution < -0.4 is 5.32 Å². The first-order valence-corrected chi connectivity index (χ1v) is 4.87. The summed E-state index contributed by atoms with van der Waals surface area (Å²) in [5.41, 5.74) is 0. The van der Waals surface area contributed by atoms with Crippen LogP contribution in [-0.4, -0.2) is 24.6 Å². The average molecular weight is 210 g/mol. The second-order valence-corrected chi connectivity index (χ2v) is 3.42. The van der Waals surface area contributed by atoms with Crippen molar-refractivity contribution in [1.82, 2.24) is 5.32 Å². The maximum atomic E-state index is 12.9. The van der Waals surface area contributed by atoms with Gasteiger partial charge in [-0.3, -0.25) is 0 Å². The molecule has 1 rings (SSSR count). The van der Waals surface area contributed by atoms with E-state index in [1.807, 2.05) is 0 Å². The van der Waals surface area contributed by atoms with Crippen molar-refractivity contribution in [1.29, 1.82) is 0 Å². The predicted octanol–water partition coefficient (Wildman–Crippen LogP) is 1.72. The van der Waals surface area contributed by atoms with Gasteiger partial charge in [0.05, 0.1) is 0 Å². The molecule has 0 aromatic carbocycles. The highest BCUT2D eigenvalue weighted by Gasteiger charge is 2.21. The molecule has 10 heavy (non-hydrogen) atoms. The predicted molar refractivity (Wildman–Crippen MR) is 44.3 cm³/mol. The number of rotatable bonds is 2. The lowest BCUT2D eigenvalue weighted by Gasteiger charge is -2.24. The van der Waals surface area contributed by atoms with Gasteiger partial charge < -0.3 is 5.32 Å². The van der Waals surface area contributed by atoms with E-state index in [2.05, 4.69) is 21.2 Å². The van der Waals surface area contributed by atoms with Gasteiger partial charge in [0, 0.05) is 17.8 Å². The molecule has 1 heterocycles. The van der Waals surface area contributed by atoms with Gasteiger partial charge in [-0.25, -0.2) is 4.39 Å². The number of halogens is 2. The topological polar surface area (TPSA) is 12.0 Å². The molecule has 2 unspecified atom stereocenters. The molecule has 0 aromatic heterocycles. The van der Waals surface area contributed by atoms with E-state index in [0.717, 1.165) is 25.9 Å². The Labute approximate surface area is 69.5 Å². The minimum Gasteiger partial charge on any atom is -0.316 e. The second kappa shape index (κ2) is 4.29.